The lowest BCUT2D eigenvalue weighted by molar-refractivity contribution is 0.0534. The summed E-state index contributed by atoms with van der Waals surface area (Å²) in [6.07, 6.45) is 0.752. The van der Waals surface area contributed by atoms with Gasteiger partial charge in [-0.05, 0) is 27.2 Å². The van der Waals surface area contributed by atoms with Gasteiger partial charge in [-0.3, -0.25) is 0 Å². The number of aryl methyl sites for hydroxylation is 1. The van der Waals surface area contributed by atoms with E-state index < -0.39 is 5.60 Å². The van der Waals surface area contributed by atoms with Crippen LogP contribution in [0.1, 0.15) is 69.6 Å². The van der Waals surface area contributed by atoms with Crippen LogP contribution in [0.4, 0.5) is 0 Å². The summed E-state index contributed by atoms with van der Waals surface area (Å²) >= 11 is 1.78. The van der Waals surface area contributed by atoms with Crippen molar-refractivity contribution in [2.75, 3.05) is 6.54 Å². The Kier molecular flexibility index (Phi) is 5.15. The second-order valence-electron chi connectivity index (χ2n) is 6.67. The molecule has 1 heterocycles. The highest BCUT2D eigenvalue weighted by molar-refractivity contribution is 7.12. The van der Waals surface area contributed by atoms with Crippen LogP contribution in [0, 0.1) is 6.92 Å². The molecule has 19 heavy (non-hydrogen) atoms. The number of thiazole rings is 1. The van der Waals surface area contributed by atoms with Gasteiger partial charge in [0.05, 0.1) is 16.3 Å². The van der Waals surface area contributed by atoms with Crippen molar-refractivity contribution in [3.63, 3.8) is 0 Å². The van der Waals surface area contributed by atoms with Crippen molar-refractivity contribution in [3.05, 3.63) is 15.6 Å². The standard InChI is InChI=1S/C15H28N2OS/c1-8-15(7,18)9-16-10(2)12-11(3)17-13(19-12)14(4,5)6/h10,16,18H,8-9H2,1-7H3. The number of rotatable bonds is 5. The van der Waals surface area contributed by atoms with Crippen LogP contribution in [-0.4, -0.2) is 22.2 Å². The molecule has 3 nitrogen and oxygen atoms in total. The molecule has 0 aromatic carbocycles. The average Bonchev–Trinajstić information content (AvgIpc) is 2.68. The van der Waals surface area contributed by atoms with Gasteiger partial charge in [0.25, 0.3) is 0 Å². The van der Waals surface area contributed by atoms with Gasteiger partial charge in [0.2, 0.25) is 0 Å². The van der Waals surface area contributed by atoms with E-state index in [1.807, 2.05) is 13.8 Å². The molecular formula is C15H28N2OS. The average molecular weight is 284 g/mol. The van der Waals surface area contributed by atoms with Crippen LogP contribution in [0.3, 0.4) is 0 Å². The Labute approximate surface area is 121 Å². The number of aromatic nitrogens is 1. The zero-order valence-electron chi connectivity index (χ0n) is 13.3. The zero-order chi connectivity index (χ0) is 14.8. The van der Waals surface area contributed by atoms with Crippen LogP contribution in [0.5, 0.6) is 0 Å². The summed E-state index contributed by atoms with van der Waals surface area (Å²) in [4.78, 5) is 5.96. The summed E-state index contributed by atoms with van der Waals surface area (Å²) in [5, 5.41) is 14.6. The first-order valence-electron chi connectivity index (χ1n) is 7.00. The highest BCUT2D eigenvalue weighted by Crippen LogP contribution is 2.32. The first-order chi connectivity index (χ1) is 8.57. The van der Waals surface area contributed by atoms with Crippen molar-refractivity contribution in [1.29, 1.82) is 0 Å². The Bertz CT molecular complexity index is 418. The van der Waals surface area contributed by atoms with E-state index in [2.05, 4.69) is 44.9 Å². The smallest absolute Gasteiger partial charge is 0.0985 e. The predicted molar refractivity (Wildman–Crippen MR) is 82.9 cm³/mol. The minimum atomic E-state index is -0.639. The van der Waals surface area contributed by atoms with Crippen molar-refractivity contribution < 1.29 is 5.11 Å². The van der Waals surface area contributed by atoms with Gasteiger partial charge in [-0.25, -0.2) is 4.98 Å². The normalized spacial score (nSPS) is 17.3. The summed E-state index contributed by atoms with van der Waals surface area (Å²) in [6, 6.07) is 0.228. The topological polar surface area (TPSA) is 45.1 Å². The molecule has 0 aliphatic carbocycles. The van der Waals surface area contributed by atoms with Crippen LogP contribution in [0.2, 0.25) is 0 Å². The Balaban J connectivity index is 2.78. The molecule has 0 aliphatic rings. The third-order valence-electron chi connectivity index (χ3n) is 3.42. The molecule has 2 atom stereocenters. The fourth-order valence-corrected chi connectivity index (χ4v) is 2.87. The molecule has 4 heteroatoms. The molecule has 0 spiro atoms. The van der Waals surface area contributed by atoms with Gasteiger partial charge >= 0.3 is 0 Å². The van der Waals surface area contributed by atoms with Crippen LogP contribution in [0.25, 0.3) is 0 Å². The maximum Gasteiger partial charge on any atom is 0.0985 e. The van der Waals surface area contributed by atoms with E-state index in [0.717, 1.165) is 12.1 Å². The molecule has 1 aromatic heterocycles. The molecule has 1 aromatic rings. The number of hydrogen-bond acceptors (Lipinski definition) is 4. The van der Waals surface area contributed by atoms with Crippen molar-refractivity contribution in [3.8, 4) is 0 Å². The summed E-state index contributed by atoms with van der Waals surface area (Å²) < 4.78 is 0. The quantitative estimate of drug-likeness (QED) is 0.869. The third kappa shape index (κ3) is 4.55. The first kappa shape index (κ1) is 16.6. The van der Waals surface area contributed by atoms with Crippen LogP contribution >= 0.6 is 11.3 Å². The van der Waals surface area contributed by atoms with Crippen LogP contribution in [-0.2, 0) is 5.41 Å². The van der Waals surface area contributed by atoms with Gasteiger partial charge < -0.3 is 10.4 Å². The van der Waals surface area contributed by atoms with Gasteiger partial charge in [0.1, 0.15) is 0 Å². The Morgan fingerprint density at radius 1 is 1.32 bits per heavy atom. The minimum Gasteiger partial charge on any atom is -0.389 e. The molecule has 0 radical (unpaired) electrons. The number of nitrogens with one attached hydrogen (secondary N) is 1. The highest BCUT2D eigenvalue weighted by Gasteiger charge is 2.24. The molecule has 2 unspecified atom stereocenters. The lowest BCUT2D eigenvalue weighted by atomic mass is 9.98. The molecule has 0 saturated heterocycles. The van der Waals surface area contributed by atoms with Crippen LogP contribution in [0.15, 0.2) is 0 Å². The Morgan fingerprint density at radius 3 is 2.32 bits per heavy atom. The van der Waals surface area contributed by atoms with Gasteiger partial charge in [0, 0.05) is 22.9 Å². The monoisotopic (exact) mass is 284 g/mol. The van der Waals surface area contributed by atoms with Crippen molar-refractivity contribution in [1.82, 2.24) is 10.3 Å². The Hall–Kier alpha value is -0.450. The van der Waals surface area contributed by atoms with Gasteiger partial charge in [-0.2, -0.15) is 0 Å². The number of nitrogens with zero attached hydrogens (tertiary/aromatic N) is 1. The fourth-order valence-electron chi connectivity index (χ4n) is 1.72. The van der Waals surface area contributed by atoms with E-state index >= 15 is 0 Å². The lowest BCUT2D eigenvalue weighted by Gasteiger charge is -2.24. The molecule has 0 saturated carbocycles. The molecular weight excluding hydrogens is 256 g/mol. The van der Waals surface area contributed by atoms with E-state index in [4.69, 9.17) is 0 Å². The summed E-state index contributed by atoms with van der Waals surface area (Å²) in [5.74, 6) is 0. The molecule has 110 valence electrons. The fraction of sp³-hybridized carbons (Fsp3) is 0.800. The van der Waals surface area contributed by atoms with Gasteiger partial charge in [0.15, 0.2) is 0 Å². The Morgan fingerprint density at radius 2 is 1.89 bits per heavy atom. The predicted octanol–water partition coefficient (Wildman–Crippen LogP) is 3.56. The molecule has 0 bridgehead atoms. The van der Waals surface area contributed by atoms with Gasteiger partial charge in [-0.1, -0.05) is 27.7 Å². The summed E-state index contributed by atoms with van der Waals surface area (Å²) in [6.45, 7) is 15.2. The minimum absolute atomic E-state index is 0.0995. The maximum atomic E-state index is 10.0. The zero-order valence-corrected chi connectivity index (χ0v) is 14.1. The largest absolute Gasteiger partial charge is 0.389 e. The van der Waals surface area contributed by atoms with E-state index in [9.17, 15) is 5.11 Å². The lowest BCUT2D eigenvalue weighted by Crippen LogP contribution is -2.38. The van der Waals surface area contributed by atoms with Crippen molar-refractivity contribution in [2.45, 2.75) is 71.9 Å². The SMILES string of the molecule is CCC(C)(O)CNC(C)c1sc(C(C)(C)C)nc1C. The second kappa shape index (κ2) is 5.90. The highest BCUT2D eigenvalue weighted by atomic mass is 32.1. The van der Waals surface area contributed by atoms with E-state index in [1.54, 1.807) is 11.3 Å². The molecule has 0 aliphatic heterocycles. The van der Waals surface area contributed by atoms with E-state index in [-0.39, 0.29) is 11.5 Å². The molecule has 1 rings (SSSR count). The second-order valence-corrected chi connectivity index (χ2v) is 7.70. The van der Waals surface area contributed by atoms with E-state index in [0.29, 0.717) is 6.54 Å². The van der Waals surface area contributed by atoms with Crippen molar-refractivity contribution in [2.24, 2.45) is 0 Å². The summed E-state index contributed by atoms with van der Waals surface area (Å²) in [5.41, 5.74) is 0.563. The molecule has 2 N–H and O–H groups in total. The van der Waals surface area contributed by atoms with Crippen molar-refractivity contribution >= 4 is 11.3 Å². The van der Waals surface area contributed by atoms with Crippen LogP contribution < -0.4 is 5.32 Å². The number of hydrogen-bond donors (Lipinski definition) is 2. The summed E-state index contributed by atoms with van der Waals surface area (Å²) in [7, 11) is 0. The first-order valence-corrected chi connectivity index (χ1v) is 7.82. The third-order valence-corrected chi connectivity index (χ3v) is 5.18. The molecule has 0 fully saturated rings. The molecule has 0 amide bonds. The van der Waals surface area contributed by atoms with Gasteiger partial charge in [-0.15, -0.1) is 11.3 Å². The van der Waals surface area contributed by atoms with E-state index in [1.165, 1.54) is 9.88 Å². The maximum absolute atomic E-state index is 10.0. The number of aliphatic hydroxyl groups is 1.